The zero-order valence-corrected chi connectivity index (χ0v) is 12.7. The Morgan fingerprint density at radius 3 is 1.85 bits per heavy atom. The number of rotatable bonds is 3. The standard InChI is InChI=1S/C16H19N.H3N.2H2O/c1-13-9-7-8-12-15(13)16(2,3)17-14-10-5-4-6-11-14;;;/h4-12,17H,1-3H3;1H3;2*1H2. The van der Waals surface area contributed by atoms with Crippen LogP contribution in [0, 0.1) is 6.92 Å². The minimum atomic E-state index is 0. The summed E-state index contributed by atoms with van der Waals surface area (Å²) in [5.74, 6) is 0. The van der Waals surface area contributed by atoms with Crippen molar-refractivity contribution in [2.75, 3.05) is 0 Å². The van der Waals surface area contributed by atoms with E-state index in [0.717, 1.165) is 0 Å². The maximum absolute atomic E-state index is 2.33. The second-order valence-corrected chi connectivity index (χ2v) is 5.09. The van der Waals surface area contributed by atoms with Gasteiger partial charge in [0.2, 0.25) is 0 Å². The van der Waals surface area contributed by atoms with E-state index in [1.54, 1.807) is 0 Å². The summed E-state index contributed by atoms with van der Waals surface area (Å²) in [4.78, 5) is 0. The van der Waals surface area contributed by atoms with Crippen LogP contribution in [0.5, 0.6) is 0 Å². The third-order valence-corrected chi connectivity index (χ3v) is 3.17. The number of hydrogen-bond donors (Lipinski definition) is 2. The molecule has 0 saturated carbocycles. The zero-order chi connectivity index (χ0) is 12.3. The highest BCUT2D eigenvalue weighted by molar-refractivity contribution is 5.32. The highest BCUT2D eigenvalue weighted by Gasteiger charge is 2.26. The van der Waals surface area contributed by atoms with Gasteiger partial charge in [-0.05, 0) is 38.5 Å². The Labute approximate surface area is 121 Å². The molecular weight excluding hydrogens is 252 g/mol. The first kappa shape index (κ1) is 20.6. The molecule has 2 aromatic rings. The van der Waals surface area contributed by atoms with Crippen LogP contribution in [0.3, 0.4) is 0 Å². The molecule has 8 N–H and O–H groups in total. The highest BCUT2D eigenvalue weighted by atomic mass is 16.0. The molecule has 0 unspecified atom stereocenters. The smallest absolute Gasteiger partial charge is 0.130 e. The summed E-state index contributed by atoms with van der Waals surface area (Å²) in [6.45, 7) is 6.71. The van der Waals surface area contributed by atoms with Crippen molar-refractivity contribution in [3.8, 4) is 0 Å². The molecule has 0 aliphatic rings. The van der Waals surface area contributed by atoms with E-state index in [-0.39, 0.29) is 22.6 Å². The Balaban J connectivity index is 0. The molecule has 0 aliphatic carbocycles. The van der Waals surface area contributed by atoms with Crippen LogP contribution >= 0.6 is 0 Å². The fourth-order valence-corrected chi connectivity index (χ4v) is 2.34. The van der Waals surface area contributed by atoms with Crippen LogP contribution < -0.4 is 11.5 Å². The van der Waals surface area contributed by atoms with Gasteiger partial charge in [0.1, 0.15) is 11.2 Å². The average Bonchev–Trinajstić information content (AvgIpc) is 2.30. The number of aryl methyl sites for hydroxylation is 1. The lowest BCUT2D eigenvalue weighted by molar-refractivity contribution is -0.656. The van der Waals surface area contributed by atoms with E-state index in [1.807, 2.05) is 0 Å². The van der Waals surface area contributed by atoms with Gasteiger partial charge in [0.25, 0.3) is 0 Å². The zero-order valence-electron chi connectivity index (χ0n) is 12.7. The number of nitrogens with two attached hydrogens (primary N) is 1. The lowest BCUT2D eigenvalue weighted by atomic mass is 9.90. The largest absolute Gasteiger partial charge is 0.870 e. The number of hydrogen-bond acceptors (Lipinski definition) is 2. The van der Waals surface area contributed by atoms with Crippen LogP contribution in [0.2, 0.25) is 0 Å². The van der Waals surface area contributed by atoms with E-state index in [1.165, 1.54) is 16.8 Å². The van der Waals surface area contributed by atoms with E-state index in [2.05, 4.69) is 80.7 Å². The lowest BCUT2D eigenvalue weighted by Crippen LogP contribution is -2.88. The van der Waals surface area contributed by atoms with Crippen LogP contribution in [0.15, 0.2) is 54.6 Å². The number of quaternary nitrogens is 2. The first-order valence-corrected chi connectivity index (χ1v) is 6.07. The molecule has 2 aromatic carbocycles. The number of para-hydroxylation sites is 1. The molecule has 112 valence electrons. The van der Waals surface area contributed by atoms with Crippen molar-refractivity contribution in [3.05, 3.63) is 65.7 Å². The third kappa shape index (κ3) is 4.75. The quantitative estimate of drug-likeness (QED) is 0.840. The highest BCUT2D eigenvalue weighted by Crippen LogP contribution is 2.20. The topological polar surface area (TPSA) is 113 Å². The molecule has 0 atom stereocenters. The Bertz CT molecular complexity index is 499. The van der Waals surface area contributed by atoms with Crippen molar-refractivity contribution in [3.63, 3.8) is 0 Å². The predicted molar refractivity (Wildman–Crippen MR) is 82.1 cm³/mol. The van der Waals surface area contributed by atoms with Crippen LogP contribution in [-0.2, 0) is 5.54 Å². The van der Waals surface area contributed by atoms with Gasteiger partial charge >= 0.3 is 0 Å². The second-order valence-electron chi connectivity index (χ2n) is 5.09. The van der Waals surface area contributed by atoms with Crippen LogP contribution in [0.4, 0.5) is 5.69 Å². The second kappa shape index (κ2) is 8.45. The summed E-state index contributed by atoms with van der Waals surface area (Å²) < 4.78 is 0. The lowest BCUT2D eigenvalue weighted by Gasteiger charge is -2.24. The van der Waals surface area contributed by atoms with Gasteiger partial charge in [0, 0.05) is 5.56 Å². The van der Waals surface area contributed by atoms with Crippen LogP contribution in [-0.4, -0.2) is 11.0 Å². The molecule has 0 aromatic heterocycles. The first-order valence-electron chi connectivity index (χ1n) is 6.07. The van der Waals surface area contributed by atoms with E-state index < -0.39 is 0 Å². The molecule has 0 fully saturated rings. The summed E-state index contributed by atoms with van der Waals surface area (Å²) in [5.41, 5.74) is 4.08. The minimum Gasteiger partial charge on any atom is -0.870 e. The molecule has 0 radical (unpaired) electrons. The third-order valence-electron chi connectivity index (χ3n) is 3.17. The van der Waals surface area contributed by atoms with Crippen LogP contribution in [0.25, 0.3) is 0 Å². The molecule has 4 nitrogen and oxygen atoms in total. The van der Waals surface area contributed by atoms with Gasteiger partial charge in [-0.3, -0.25) is 0 Å². The van der Waals surface area contributed by atoms with Crippen molar-refractivity contribution in [2.45, 2.75) is 26.3 Å². The van der Waals surface area contributed by atoms with Gasteiger partial charge in [-0.2, -0.15) is 0 Å². The van der Waals surface area contributed by atoms with Crippen molar-refractivity contribution in [2.24, 2.45) is 0 Å². The molecule has 0 amide bonds. The van der Waals surface area contributed by atoms with E-state index in [9.17, 15) is 0 Å². The van der Waals surface area contributed by atoms with E-state index in [4.69, 9.17) is 0 Å². The molecule has 0 heterocycles. The van der Waals surface area contributed by atoms with Gasteiger partial charge in [0.15, 0.2) is 0 Å². The summed E-state index contributed by atoms with van der Waals surface area (Å²) >= 11 is 0. The summed E-state index contributed by atoms with van der Waals surface area (Å²) in [7, 11) is 0. The van der Waals surface area contributed by atoms with E-state index >= 15 is 0 Å². The normalized spacial score (nSPS) is 9.75. The van der Waals surface area contributed by atoms with E-state index in [0.29, 0.717) is 0 Å². The molecular formula is C16H26N2O2. The predicted octanol–water partition coefficient (Wildman–Crippen LogP) is 3.15. The molecule has 0 saturated heterocycles. The monoisotopic (exact) mass is 278 g/mol. The Morgan fingerprint density at radius 2 is 1.30 bits per heavy atom. The molecule has 0 spiro atoms. The SMILES string of the molecule is Cc1ccccc1C(C)(C)[NH2+]c1ccccc1.[NH4+].[OH-].[OH-]. The van der Waals surface area contributed by atoms with Gasteiger partial charge in [-0.15, -0.1) is 0 Å². The fraction of sp³-hybridized carbons (Fsp3) is 0.250. The van der Waals surface area contributed by atoms with Gasteiger partial charge < -0.3 is 22.4 Å². The van der Waals surface area contributed by atoms with Crippen molar-refractivity contribution < 1.29 is 16.3 Å². The molecule has 0 bridgehead atoms. The fourth-order valence-electron chi connectivity index (χ4n) is 2.34. The Kier molecular flexibility index (Phi) is 8.70. The summed E-state index contributed by atoms with van der Waals surface area (Å²) in [5, 5.41) is 2.33. The Hall–Kier alpha value is -1.72. The summed E-state index contributed by atoms with van der Waals surface area (Å²) in [6, 6.07) is 19.1. The molecule has 4 heteroatoms. The van der Waals surface area contributed by atoms with Crippen LogP contribution in [0.1, 0.15) is 25.0 Å². The number of benzene rings is 2. The maximum atomic E-state index is 2.33. The molecule has 0 aliphatic heterocycles. The van der Waals surface area contributed by atoms with Gasteiger partial charge in [0.05, 0.1) is 0 Å². The average molecular weight is 278 g/mol. The van der Waals surface area contributed by atoms with Crippen molar-refractivity contribution in [1.29, 1.82) is 0 Å². The maximum Gasteiger partial charge on any atom is 0.130 e. The van der Waals surface area contributed by atoms with Gasteiger partial charge in [-0.1, -0.05) is 42.5 Å². The summed E-state index contributed by atoms with van der Waals surface area (Å²) in [6.07, 6.45) is 0. The first-order chi connectivity index (χ1) is 8.09. The van der Waals surface area contributed by atoms with Gasteiger partial charge in [-0.25, -0.2) is 0 Å². The van der Waals surface area contributed by atoms with Crippen molar-refractivity contribution >= 4 is 5.69 Å². The molecule has 20 heavy (non-hydrogen) atoms. The Morgan fingerprint density at radius 1 is 0.800 bits per heavy atom. The minimum absolute atomic E-state index is 0. The molecule has 2 rings (SSSR count). The van der Waals surface area contributed by atoms with Crippen molar-refractivity contribution in [1.82, 2.24) is 6.15 Å².